The maximum absolute atomic E-state index is 11.1. The number of rotatable bonds is 0. The van der Waals surface area contributed by atoms with E-state index in [1.807, 2.05) is 6.07 Å². The number of nitrogens with two attached hydrogens (primary N) is 1. The van der Waals surface area contributed by atoms with Crippen molar-refractivity contribution in [2.24, 2.45) is 9.98 Å². The van der Waals surface area contributed by atoms with E-state index in [4.69, 9.17) is 5.73 Å². The topological polar surface area (TPSA) is 80.7 Å². The van der Waals surface area contributed by atoms with Crippen molar-refractivity contribution in [1.82, 2.24) is 4.98 Å². The Labute approximate surface area is 84.0 Å². The predicted octanol–water partition coefficient (Wildman–Crippen LogP) is 0.190. The van der Waals surface area contributed by atoms with Crippen molar-refractivity contribution in [1.29, 1.82) is 0 Å². The van der Waals surface area contributed by atoms with Crippen molar-refractivity contribution in [2.75, 3.05) is 5.73 Å². The number of hydrogen-bond donors (Lipinski definition) is 1. The molecule has 0 atom stereocenters. The number of amides is 2. The summed E-state index contributed by atoms with van der Waals surface area (Å²) in [4.78, 5) is 22.8. The van der Waals surface area contributed by atoms with Crippen LogP contribution in [0.4, 0.5) is 10.5 Å². The van der Waals surface area contributed by atoms with Gasteiger partial charge in [-0.1, -0.05) is 0 Å². The van der Waals surface area contributed by atoms with E-state index in [1.165, 1.54) is 0 Å². The third-order valence-corrected chi connectivity index (χ3v) is 2.30. The highest BCUT2D eigenvalue weighted by molar-refractivity contribution is 5.91. The van der Waals surface area contributed by atoms with Crippen molar-refractivity contribution in [3.8, 4) is 0 Å². The van der Waals surface area contributed by atoms with Crippen molar-refractivity contribution in [3.63, 3.8) is 0 Å². The van der Waals surface area contributed by atoms with E-state index in [0.717, 1.165) is 5.39 Å². The zero-order valence-electron chi connectivity index (χ0n) is 7.64. The molecule has 0 aliphatic carbocycles. The second kappa shape index (κ2) is 2.60. The second-order valence-corrected chi connectivity index (χ2v) is 3.24. The zero-order chi connectivity index (χ0) is 10.4. The molecule has 72 valence electrons. The van der Waals surface area contributed by atoms with E-state index in [-0.39, 0.29) is 0 Å². The number of urea groups is 1. The normalized spacial score (nSPS) is 13.5. The number of aromatic nitrogens is 1. The monoisotopic (exact) mass is 198 g/mol. The number of anilines is 1. The van der Waals surface area contributed by atoms with Gasteiger partial charge in [0.05, 0.1) is 5.36 Å². The van der Waals surface area contributed by atoms with Gasteiger partial charge in [-0.25, -0.2) is 4.79 Å². The Bertz CT molecular complexity index is 705. The summed E-state index contributed by atoms with van der Waals surface area (Å²) >= 11 is 0. The van der Waals surface area contributed by atoms with Gasteiger partial charge < -0.3 is 5.73 Å². The van der Waals surface area contributed by atoms with Gasteiger partial charge in [-0.15, -0.1) is 0 Å². The Kier molecular flexibility index (Phi) is 1.39. The highest BCUT2D eigenvalue weighted by Crippen LogP contribution is 2.13. The fourth-order valence-electron chi connectivity index (χ4n) is 1.66. The van der Waals surface area contributed by atoms with Gasteiger partial charge in [0.15, 0.2) is 0 Å². The smallest absolute Gasteiger partial charge is 0.368 e. The first-order valence-electron chi connectivity index (χ1n) is 4.40. The SMILES string of the molecule is Nc1cc2c(c3ncccc13)=NC(=O)N=2. The van der Waals surface area contributed by atoms with Crippen molar-refractivity contribution in [2.45, 2.75) is 0 Å². The van der Waals surface area contributed by atoms with E-state index >= 15 is 0 Å². The van der Waals surface area contributed by atoms with Crippen LogP contribution < -0.4 is 16.4 Å². The molecule has 1 aliphatic heterocycles. The van der Waals surface area contributed by atoms with Crippen LogP contribution in [0.25, 0.3) is 10.9 Å². The molecule has 0 bridgehead atoms. The third-order valence-electron chi connectivity index (χ3n) is 2.30. The van der Waals surface area contributed by atoms with E-state index in [0.29, 0.717) is 21.9 Å². The molecule has 0 saturated heterocycles. The van der Waals surface area contributed by atoms with Crippen LogP contribution in [0, 0.1) is 0 Å². The number of benzene rings is 1. The molecule has 3 rings (SSSR count). The van der Waals surface area contributed by atoms with Crippen LogP contribution in [0.1, 0.15) is 0 Å². The summed E-state index contributed by atoms with van der Waals surface area (Å²) in [6.45, 7) is 0. The first-order chi connectivity index (χ1) is 7.25. The molecule has 2 heterocycles. The van der Waals surface area contributed by atoms with Gasteiger partial charge in [0, 0.05) is 17.3 Å². The molecule has 2 aromatic rings. The van der Waals surface area contributed by atoms with Gasteiger partial charge in [-0.3, -0.25) is 4.98 Å². The van der Waals surface area contributed by atoms with E-state index in [9.17, 15) is 4.79 Å². The lowest BCUT2D eigenvalue weighted by atomic mass is 10.1. The van der Waals surface area contributed by atoms with Crippen LogP contribution in [0.15, 0.2) is 34.4 Å². The Morgan fingerprint density at radius 3 is 3.00 bits per heavy atom. The number of carbonyl (C=O) groups excluding carboxylic acids is 1. The van der Waals surface area contributed by atoms with Crippen LogP contribution in [-0.2, 0) is 0 Å². The molecule has 1 aromatic carbocycles. The Hall–Kier alpha value is -2.30. The van der Waals surface area contributed by atoms with Crippen molar-refractivity contribution >= 4 is 22.6 Å². The van der Waals surface area contributed by atoms with Crippen LogP contribution in [0.3, 0.4) is 0 Å². The molecular weight excluding hydrogens is 192 g/mol. The molecule has 1 aliphatic rings. The molecule has 0 spiro atoms. The van der Waals surface area contributed by atoms with Gasteiger partial charge >= 0.3 is 6.03 Å². The van der Waals surface area contributed by atoms with E-state index in [1.54, 1.807) is 18.3 Å². The predicted molar refractivity (Wildman–Crippen MR) is 53.9 cm³/mol. The number of hydrogen-bond acceptors (Lipinski definition) is 3. The molecule has 15 heavy (non-hydrogen) atoms. The van der Waals surface area contributed by atoms with Gasteiger partial charge in [-0.2, -0.15) is 9.98 Å². The van der Waals surface area contributed by atoms with E-state index in [2.05, 4.69) is 15.0 Å². The zero-order valence-corrected chi connectivity index (χ0v) is 7.64. The highest BCUT2D eigenvalue weighted by atomic mass is 16.2. The maximum Gasteiger partial charge on any atom is 0.368 e. The first-order valence-corrected chi connectivity index (χ1v) is 4.40. The number of carbonyl (C=O) groups is 1. The van der Waals surface area contributed by atoms with Gasteiger partial charge in [0.1, 0.15) is 10.9 Å². The lowest BCUT2D eigenvalue weighted by Gasteiger charge is -1.98. The lowest BCUT2D eigenvalue weighted by Crippen LogP contribution is -2.24. The Morgan fingerprint density at radius 2 is 2.13 bits per heavy atom. The molecule has 0 saturated carbocycles. The summed E-state index contributed by atoms with van der Waals surface area (Å²) in [6.07, 6.45) is 1.64. The van der Waals surface area contributed by atoms with Crippen LogP contribution >= 0.6 is 0 Å². The van der Waals surface area contributed by atoms with Crippen molar-refractivity contribution < 1.29 is 4.79 Å². The molecule has 0 unspecified atom stereocenters. The van der Waals surface area contributed by atoms with E-state index < -0.39 is 6.03 Å². The molecule has 2 amide bonds. The minimum absolute atomic E-state index is 0.498. The molecule has 2 N–H and O–H groups in total. The molecule has 0 fully saturated rings. The summed E-state index contributed by atoms with van der Waals surface area (Å²) in [5.74, 6) is 0. The molecular formula is C10H6N4O. The second-order valence-electron chi connectivity index (χ2n) is 3.24. The van der Waals surface area contributed by atoms with Crippen molar-refractivity contribution in [3.05, 3.63) is 35.1 Å². The average molecular weight is 198 g/mol. The van der Waals surface area contributed by atoms with Crippen LogP contribution in [0.5, 0.6) is 0 Å². The fourth-order valence-corrected chi connectivity index (χ4v) is 1.66. The third kappa shape index (κ3) is 1.03. The summed E-state index contributed by atoms with van der Waals surface area (Å²) in [5, 5.41) is 1.82. The van der Waals surface area contributed by atoms with Gasteiger partial charge in [0.2, 0.25) is 0 Å². The largest absolute Gasteiger partial charge is 0.398 e. The Balaban J connectivity index is 2.67. The summed E-state index contributed by atoms with van der Waals surface area (Å²) in [6, 6.07) is 4.78. The lowest BCUT2D eigenvalue weighted by molar-refractivity contribution is 0.257. The summed E-state index contributed by atoms with van der Waals surface area (Å²) < 4.78 is 0. The number of nitrogens with zero attached hydrogens (tertiary/aromatic N) is 3. The highest BCUT2D eigenvalue weighted by Gasteiger charge is 2.10. The molecule has 5 nitrogen and oxygen atoms in total. The molecule has 0 radical (unpaired) electrons. The minimum atomic E-state index is -0.498. The molecule has 5 heteroatoms. The minimum Gasteiger partial charge on any atom is -0.398 e. The van der Waals surface area contributed by atoms with Crippen LogP contribution in [0.2, 0.25) is 0 Å². The first kappa shape index (κ1) is 8.05. The molecule has 1 aromatic heterocycles. The number of pyridine rings is 1. The fraction of sp³-hybridized carbons (Fsp3) is 0. The van der Waals surface area contributed by atoms with Crippen LogP contribution in [-0.4, -0.2) is 11.0 Å². The van der Waals surface area contributed by atoms with Gasteiger partial charge in [-0.05, 0) is 18.2 Å². The maximum atomic E-state index is 11.1. The Morgan fingerprint density at radius 1 is 1.27 bits per heavy atom. The summed E-state index contributed by atoms with van der Waals surface area (Å²) in [7, 11) is 0. The average Bonchev–Trinajstić information content (AvgIpc) is 2.59. The standard InChI is InChI=1S/C10H6N4O/c11-6-4-7-9(14-10(15)13-7)8-5(6)2-1-3-12-8/h1-4H,11H2. The van der Waals surface area contributed by atoms with Gasteiger partial charge in [0.25, 0.3) is 0 Å². The quantitative estimate of drug-likeness (QED) is 0.613. The summed E-state index contributed by atoms with van der Waals surface area (Å²) in [5.41, 5.74) is 7.01. The number of nitrogen functional groups attached to an aromatic ring is 1. The number of fused-ring (bicyclic) bond motifs is 3.